The third kappa shape index (κ3) is 2.48. The molecule has 0 aromatic heterocycles. The highest BCUT2D eigenvalue weighted by Crippen LogP contribution is 2.24. The van der Waals surface area contributed by atoms with Crippen LogP contribution in [-0.2, 0) is 0 Å². The Morgan fingerprint density at radius 2 is 2.07 bits per heavy atom. The van der Waals surface area contributed by atoms with Crippen molar-refractivity contribution >= 4 is 0 Å². The zero-order valence-electron chi connectivity index (χ0n) is 9.63. The van der Waals surface area contributed by atoms with Crippen molar-refractivity contribution in [3.63, 3.8) is 0 Å². The van der Waals surface area contributed by atoms with Gasteiger partial charge in [-0.2, -0.15) is 0 Å². The SMILES string of the molecule is CC(C)C1CN(CC2CCCCN2)C1. The van der Waals surface area contributed by atoms with Crippen LogP contribution in [0.4, 0.5) is 0 Å². The summed E-state index contributed by atoms with van der Waals surface area (Å²) >= 11 is 0. The molecule has 1 N–H and O–H groups in total. The van der Waals surface area contributed by atoms with E-state index in [1.54, 1.807) is 0 Å². The summed E-state index contributed by atoms with van der Waals surface area (Å²) in [6.45, 7) is 9.92. The van der Waals surface area contributed by atoms with Gasteiger partial charge in [-0.3, -0.25) is 0 Å². The minimum atomic E-state index is 0.789. The number of nitrogens with one attached hydrogen (secondary N) is 1. The molecule has 0 spiro atoms. The quantitative estimate of drug-likeness (QED) is 0.739. The molecule has 2 saturated heterocycles. The molecular weight excluding hydrogens is 172 g/mol. The van der Waals surface area contributed by atoms with Gasteiger partial charge >= 0.3 is 0 Å². The smallest absolute Gasteiger partial charge is 0.0195 e. The van der Waals surface area contributed by atoms with Crippen molar-refractivity contribution in [2.75, 3.05) is 26.2 Å². The average Bonchev–Trinajstić information content (AvgIpc) is 2.12. The van der Waals surface area contributed by atoms with Crippen LogP contribution in [0.25, 0.3) is 0 Å². The molecule has 0 aliphatic carbocycles. The van der Waals surface area contributed by atoms with Crippen LogP contribution in [0.1, 0.15) is 33.1 Å². The number of hydrogen-bond donors (Lipinski definition) is 1. The Morgan fingerprint density at radius 1 is 1.29 bits per heavy atom. The van der Waals surface area contributed by atoms with Crippen LogP contribution >= 0.6 is 0 Å². The molecular formula is C12H24N2. The summed E-state index contributed by atoms with van der Waals surface area (Å²) in [5.74, 6) is 1.85. The molecule has 2 heteroatoms. The maximum atomic E-state index is 3.62. The van der Waals surface area contributed by atoms with Crippen LogP contribution in [0.5, 0.6) is 0 Å². The standard InChI is InChI=1S/C12H24N2/c1-10(2)11-7-14(8-11)9-12-5-3-4-6-13-12/h10-13H,3-9H2,1-2H3. The van der Waals surface area contributed by atoms with Gasteiger partial charge in [-0.25, -0.2) is 0 Å². The van der Waals surface area contributed by atoms with Crippen LogP contribution < -0.4 is 5.32 Å². The molecule has 0 bridgehead atoms. The van der Waals surface area contributed by atoms with E-state index in [4.69, 9.17) is 0 Å². The Hall–Kier alpha value is -0.0800. The van der Waals surface area contributed by atoms with Crippen LogP contribution in [-0.4, -0.2) is 37.1 Å². The van der Waals surface area contributed by atoms with Crippen molar-refractivity contribution in [3.8, 4) is 0 Å². The zero-order valence-corrected chi connectivity index (χ0v) is 9.63. The van der Waals surface area contributed by atoms with Gasteiger partial charge in [0.15, 0.2) is 0 Å². The van der Waals surface area contributed by atoms with Crippen molar-refractivity contribution < 1.29 is 0 Å². The molecule has 2 heterocycles. The van der Waals surface area contributed by atoms with Crippen LogP contribution in [0.2, 0.25) is 0 Å². The van der Waals surface area contributed by atoms with E-state index < -0.39 is 0 Å². The summed E-state index contributed by atoms with van der Waals surface area (Å²) < 4.78 is 0. The van der Waals surface area contributed by atoms with E-state index in [0.29, 0.717) is 0 Å². The molecule has 2 fully saturated rings. The minimum Gasteiger partial charge on any atom is -0.313 e. The van der Waals surface area contributed by atoms with E-state index >= 15 is 0 Å². The fourth-order valence-corrected chi connectivity index (χ4v) is 2.57. The lowest BCUT2D eigenvalue weighted by molar-refractivity contribution is 0.0559. The Morgan fingerprint density at radius 3 is 2.64 bits per heavy atom. The van der Waals surface area contributed by atoms with Gasteiger partial charge in [0.05, 0.1) is 0 Å². The monoisotopic (exact) mass is 196 g/mol. The lowest BCUT2D eigenvalue weighted by atomic mass is 9.88. The number of nitrogens with zero attached hydrogens (tertiary/aromatic N) is 1. The molecule has 14 heavy (non-hydrogen) atoms. The summed E-state index contributed by atoms with van der Waals surface area (Å²) in [5, 5.41) is 3.62. The fourth-order valence-electron chi connectivity index (χ4n) is 2.57. The molecule has 2 aliphatic rings. The second-order valence-corrected chi connectivity index (χ2v) is 5.37. The summed E-state index contributed by atoms with van der Waals surface area (Å²) in [6, 6.07) is 0.789. The molecule has 1 unspecified atom stereocenters. The first-order chi connectivity index (χ1) is 6.75. The highest BCUT2D eigenvalue weighted by atomic mass is 15.2. The fraction of sp³-hybridized carbons (Fsp3) is 1.00. The van der Waals surface area contributed by atoms with Crippen LogP contribution in [0, 0.1) is 11.8 Å². The zero-order chi connectivity index (χ0) is 9.97. The van der Waals surface area contributed by atoms with E-state index in [0.717, 1.165) is 17.9 Å². The third-order valence-electron chi connectivity index (χ3n) is 3.82. The number of hydrogen-bond acceptors (Lipinski definition) is 2. The summed E-state index contributed by atoms with van der Waals surface area (Å²) in [4.78, 5) is 2.62. The molecule has 0 amide bonds. The molecule has 2 rings (SSSR count). The topological polar surface area (TPSA) is 15.3 Å². The average molecular weight is 196 g/mol. The minimum absolute atomic E-state index is 0.789. The molecule has 1 atom stereocenters. The predicted molar refractivity (Wildman–Crippen MR) is 60.4 cm³/mol. The van der Waals surface area contributed by atoms with Crippen LogP contribution in [0.15, 0.2) is 0 Å². The molecule has 0 saturated carbocycles. The Bertz CT molecular complexity index is 167. The first-order valence-corrected chi connectivity index (χ1v) is 6.21. The molecule has 0 aromatic carbocycles. The van der Waals surface area contributed by atoms with Crippen molar-refractivity contribution in [1.29, 1.82) is 0 Å². The number of rotatable bonds is 3. The van der Waals surface area contributed by atoms with E-state index in [1.165, 1.54) is 45.4 Å². The molecule has 2 nitrogen and oxygen atoms in total. The van der Waals surface area contributed by atoms with Crippen molar-refractivity contribution in [2.45, 2.75) is 39.2 Å². The molecule has 82 valence electrons. The van der Waals surface area contributed by atoms with Crippen molar-refractivity contribution in [1.82, 2.24) is 10.2 Å². The van der Waals surface area contributed by atoms with E-state index in [-0.39, 0.29) is 0 Å². The predicted octanol–water partition coefficient (Wildman–Crippen LogP) is 1.72. The molecule has 2 aliphatic heterocycles. The first kappa shape index (κ1) is 10.4. The van der Waals surface area contributed by atoms with E-state index in [9.17, 15) is 0 Å². The van der Waals surface area contributed by atoms with Gasteiger partial charge in [0.1, 0.15) is 0 Å². The molecule has 0 radical (unpaired) electrons. The largest absolute Gasteiger partial charge is 0.313 e. The summed E-state index contributed by atoms with van der Waals surface area (Å²) in [5.41, 5.74) is 0. The number of piperidine rings is 1. The van der Waals surface area contributed by atoms with E-state index in [2.05, 4.69) is 24.1 Å². The number of likely N-dealkylation sites (tertiary alicyclic amines) is 1. The van der Waals surface area contributed by atoms with Gasteiger partial charge < -0.3 is 10.2 Å². The van der Waals surface area contributed by atoms with Gasteiger partial charge in [0.2, 0.25) is 0 Å². The van der Waals surface area contributed by atoms with Gasteiger partial charge in [0, 0.05) is 25.7 Å². The lowest BCUT2D eigenvalue weighted by Gasteiger charge is -2.44. The maximum Gasteiger partial charge on any atom is 0.0195 e. The highest BCUT2D eigenvalue weighted by molar-refractivity contribution is 4.85. The first-order valence-electron chi connectivity index (χ1n) is 6.21. The second-order valence-electron chi connectivity index (χ2n) is 5.37. The van der Waals surface area contributed by atoms with Gasteiger partial charge in [-0.15, -0.1) is 0 Å². The summed E-state index contributed by atoms with van der Waals surface area (Å²) in [6.07, 6.45) is 4.20. The maximum absolute atomic E-state index is 3.62. The summed E-state index contributed by atoms with van der Waals surface area (Å²) in [7, 11) is 0. The Kier molecular flexibility index (Phi) is 3.45. The van der Waals surface area contributed by atoms with Gasteiger partial charge in [0.25, 0.3) is 0 Å². The lowest BCUT2D eigenvalue weighted by Crippen LogP contribution is -2.54. The Labute approximate surface area is 88.1 Å². The molecule has 0 aromatic rings. The van der Waals surface area contributed by atoms with Crippen molar-refractivity contribution in [2.24, 2.45) is 11.8 Å². The van der Waals surface area contributed by atoms with Gasteiger partial charge in [-0.05, 0) is 31.2 Å². The van der Waals surface area contributed by atoms with Crippen LogP contribution in [0.3, 0.4) is 0 Å². The highest BCUT2D eigenvalue weighted by Gasteiger charge is 2.30. The van der Waals surface area contributed by atoms with Gasteiger partial charge in [-0.1, -0.05) is 20.3 Å². The Balaban J connectivity index is 1.63. The van der Waals surface area contributed by atoms with E-state index in [1.807, 2.05) is 0 Å². The second kappa shape index (κ2) is 4.63. The third-order valence-corrected chi connectivity index (χ3v) is 3.82. The van der Waals surface area contributed by atoms with Crippen molar-refractivity contribution in [3.05, 3.63) is 0 Å². The normalized spacial score (nSPS) is 30.6.